The molecule has 2 N–H and O–H groups in total. The second-order valence-corrected chi connectivity index (χ2v) is 6.36. The molecule has 19 heavy (non-hydrogen) atoms. The summed E-state index contributed by atoms with van der Waals surface area (Å²) in [5.74, 6) is 0.861. The summed E-state index contributed by atoms with van der Waals surface area (Å²) in [5, 5.41) is 0. The molecule has 0 bridgehead atoms. The normalized spacial score (nSPS) is 15.4. The van der Waals surface area contributed by atoms with Crippen LogP contribution in [-0.4, -0.2) is 31.6 Å². The summed E-state index contributed by atoms with van der Waals surface area (Å²) in [6, 6.07) is 8.48. The van der Waals surface area contributed by atoms with E-state index in [-0.39, 0.29) is 11.5 Å². The highest BCUT2D eigenvalue weighted by atomic mass is 16.5. The summed E-state index contributed by atoms with van der Waals surface area (Å²) in [4.78, 5) is 2.32. The molecule has 0 saturated carbocycles. The summed E-state index contributed by atoms with van der Waals surface area (Å²) in [5.41, 5.74) is 7.67. The molecule has 0 aliphatic heterocycles. The van der Waals surface area contributed by atoms with E-state index in [2.05, 4.69) is 45.7 Å². The molecule has 0 radical (unpaired) electrons. The van der Waals surface area contributed by atoms with Gasteiger partial charge in [-0.2, -0.15) is 0 Å². The van der Waals surface area contributed by atoms with Crippen LogP contribution in [0.25, 0.3) is 0 Å². The minimum Gasteiger partial charge on any atom is -0.497 e. The van der Waals surface area contributed by atoms with Crippen LogP contribution in [-0.2, 0) is 0 Å². The highest BCUT2D eigenvalue weighted by Gasteiger charge is 2.25. The average molecular weight is 264 g/mol. The van der Waals surface area contributed by atoms with Crippen molar-refractivity contribution in [2.75, 3.05) is 20.7 Å². The van der Waals surface area contributed by atoms with Crippen LogP contribution in [0.5, 0.6) is 5.75 Å². The summed E-state index contributed by atoms with van der Waals surface area (Å²) in [7, 11) is 3.81. The molecule has 3 nitrogen and oxygen atoms in total. The zero-order valence-electron chi connectivity index (χ0n) is 13.1. The van der Waals surface area contributed by atoms with Crippen molar-refractivity contribution in [2.24, 2.45) is 11.1 Å². The van der Waals surface area contributed by atoms with Crippen LogP contribution in [0, 0.1) is 5.41 Å². The zero-order valence-corrected chi connectivity index (χ0v) is 13.1. The van der Waals surface area contributed by atoms with Crippen molar-refractivity contribution in [1.82, 2.24) is 4.90 Å². The summed E-state index contributed by atoms with van der Waals surface area (Å²) in [6.45, 7) is 9.85. The fourth-order valence-corrected chi connectivity index (χ4v) is 2.11. The van der Waals surface area contributed by atoms with E-state index in [1.165, 1.54) is 0 Å². The quantitative estimate of drug-likeness (QED) is 0.888. The van der Waals surface area contributed by atoms with Crippen LogP contribution in [0.15, 0.2) is 24.3 Å². The number of hydrogen-bond acceptors (Lipinski definition) is 3. The van der Waals surface area contributed by atoms with Crippen LogP contribution in [0.1, 0.15) is 39.3 Å². The van der Waals surface area contributed by atoms with Gasteiger partial charge < -0.3 is 15.4 Å². The van der Waals surface area contributed by atoms with Gasteiger partial charge in [0.1, 0.15) is 5.75 Å². The third-order valence-electron chi connectivity index (χ3n) is 3.92. The fourth-order valence-electron chi connectivity index (χ4n) is 2.11. The second kappa shape index (κ2) is 6.40. The molecule has 0 spiro atoms. The maximum absolute atomic E-state index is 6.30. The van der Waals surface area contributed by atoms with E-state index in [1.54, 1.807) is 7.11 Å². The first kappa shape index (κ1) is 16.0. The lowest BCUT2D eigenvalue weighted by atomic mass is 9.87. The monoisotopic (exact) mass is 264 g/mol. The number of rotatable bonds is 5. The number of nitrogens with two attached hydrogens (primary N) is 1. The summed E-state index contributed by atoms with van der Waals surface area (Å²) >= 11 is 0. The second-order valence-electron chi connectivity index (χ2n) is 6.36. The molecule has 108 valence electrons. The van der Waals surface area contributed by atoms with Crippen LogP contribution in [0.4, 0.5) is 0 Å². The van der Waals surface area contributed by atoms with Gasteiger partial charge in [-0.1, -0.05) is 32.9 Å². The van der Waals surface area contributed by atoms with Crippen molar-refractivity contribution in [2.45, 2.75) is 39.8 Å². The van der Waals surface area contributed by atoms with E-state index < -0.39 is 0 Å². The third kappa shape index (κ3) is 4.51. The Morgan fingerprint density at radius 3 is 2.47 bits per heavy atom. The molecule has 0 heterocycles. The number of hydrogen-bond donors (Lipinski definition) is 1. The predicted molar refractivity (Wildman–Crippen MR) is 81.5 cm³/mol. The standard InChI is InChI=1S/C16H28N2O/c1-12(16(2,3)4)18(5)11-15(17)13-8-7-9-14(10-13)19-6/h7-10,12,15H,11,17H2,1-6H3. The van der Waals surface area contributed by atoms with Crippen LogP contribution in [0.2, 0.25) is 0 Å². The lowest BCUT2D eigenvalue weighted by molar-refractivity contribution is 0.134. The summed E-state index contributed by atoms with van der Waals surface area (Å²) in [6.07, 6.45) is 0. The summed E-state index contributed by atoms with van der Waals surface area (Å²) < 4.78 is 5.24. The van der Waals surface area contributed by atoms with E-state index in [1.807, 2.05) is 18.2 Å². The maximum atomic E-state index is 6.30. The Morgan fingerprint density at radius 1 is 1.32 bits per heavy atom. The predicted octanol–water partition coefficient (Wildman–Crippen LogP) is 3.06. The Morgan fingerprint density at radius 2 is 1.95 bits per heavy atom. The van der Waals surface area contributed by atoms with Crippen molar-refractivity contribution in [3.8, 4) is 5.75 Å². The van der Waals surface area contributed by atoms with E-state index in [9.17, 15) is 0 Å². The van der Waals surface area contributed by atoms with E-state index in [0.29, 0.717) is 6.04 Å². The molecule has 0 saturated heterocycles. The SMILES string of the molecule is COc1cccc(C(N)CN(C)C(C)C(C)(C)C)c1. The van der Waals surface area contributed by atoms with Crippen molar-refractivity contribution in [3.63, 3.8) is 0 Å². The maximum Gasteiger partial charge on any atom is 0.119 e. The average Bonchev–Trinajstić information content (AvgIpc) is 2.36. The number of ether oxygens (including phenoxy) is 1. The van der Waals surface area contributed by atoms with Crippen LogP contribution < -0.4 is 10.5 Å². The van der Waals surface area contributed by atoms with Gasteiger partial charge in [-0.15, -0.1) is 0 Å². The molecular weight excluding hydrogens is 236 g/mol. The van der Waals surface area contributed by atoms with Gasteiger partial charge in [0.15, 0.2) is 0 Å². The molecule has 2 unspecified atom stereocenters. The zero-order chi connectivity index (χ0) is 14.6. The van der Waals surface area contributed by atoms with Crippen molar-refractivity contribution >= 4 is 0 Å². The molecule has 0 fully saturated rings. The van der Waals surface area contributed by atoms with Crippen molar-refractivity contribution in [1.29, 1.82) is 0 Å². The van der Waals surface area contributed by atoms with E-state index in [0.717, 1.165) is 17.9 Å². The molecular formula is C16H28N2O. The Labute approximate surface area is 117 Å². The van der Waals surface area contributed by atoms with Gasteiger partial charge in [-0.05, 0) is 37.1 Å². The first-order chi connectivity index (χ1) is 8.75. The Hall–Kier alpha value is -1.06. The third-order valence-corrected chi connectivity index (χ3v) is 3.92. The smallest absolute Gasteiger partial charge is 0.119 e. The molecule has 1 rings (SSSR count). The van der Waals surface area contributed by atoms with Crippen LogP contribution >= 0.6 is 0 Å². The molecule has 0 aliphatic carbocycles. The molecule has 3 heteroatoms. The highest BCUT2D eigenvalue weighted by Crippen LogP contribution is 2.25. The Balaban J connectivity index is 2.71. The topological polar surface area (TPSA) is 38.5 Å². The Kier molecular flexibility index (Phi) is 5.39. The minimum absolute atomic E-state index is 0.00454. The van der Waals surface area contributed by atoms with E-state index >= 15 is 0 Å². The number of benzene rings is 1. The lowest BCUT2D eigenvalue weighted by Crippen LogP contribution is -2.42. The van der Waals surface area contributed by atoms with Gasteiger partial charge in [0, 0.05) is 18.6 Å². The number of nitrogens with zero attached hydrogens (tertiary/aromatic N) is 1. The highest BCUT2D eigenvalue weighted by molar-refractivity contribution is 5.30. The Bertz CT molecular complexity index is 398. The van der Waals surface area contributed by atoms with Gasteiger partial charge in [0.05, 0.1) is 7.11 Å². The number of likely N-dealkylation sites (N-methyl/N-ethyl adjacent to an activating group) is 1. The number of methoxy groups -OCH3 is 1. The molecule has 0 aliphatic rings. The molecule has 0 amide bonds. The fraction of sp³-hybridized carbons (Fsp3) is 0.625. The first-order valence-electron chi connectivity index (χ1n) is 6.85. The van der Waals surface area contributed by atoms with Crippen molar-refractivity contribution < 1.29 is 4.74 Å². The minimum atomic E-state index is 0.00454. The van der Waals surface area contributed by atoms with Gasteiger partial charge in [0.25, 0.3) is 0 Å². The van der Waals surface area contributed by atoms with Gasteiger partial charge in [0.2, 0.25) is 0 Å². The van der Waals surface area contributed by atoms with Crippen molar-refractivity contribution in [3.05, 3.63) is 29.8 Å². The largest absolute Gasteiger partial charge is 0.497 e. The molecule has 2 atom stereocenters. The molecule has 1 aromatic carbocycles. The van der Waals surface area contributed by atoms with Crippen LogP contribution in [0.3, 0.4) is 0 Å². The van der Waals surface area contributed by atoms with E-state index in [4.69, 9.17) is 10.5 Å². The first-order valence-corrected chi connectivity index (χ1v) is 6.85. The van der Waals surface area contributed by atoms with Gasteiger partial charge in [-0.3, -0.25) is 0 Å². The molecule has 0 aromatic heterocycles. The molecule has 1 aromatic rings. The van der Waals surface area contributed by atoms with Gasteiger partial charge >= 0.3 is 0 Å². The van der Waals surface area contributed by atoms with Gasteiger partial charge in [-0.25, -0.2) is 0 Å². The lowest BCUT2D eigenvalue weighted by Gasteiger charge is -2.36.